The van der Waals surface area contributed by atoms with Crippen molar-refractivity contribution in [2.75, 3.05) is 0 Å². The molecule has 5 nitrogen and oxygen atoms in total. The minimum absolute atomic E-state index is 0.378. The molecule has 0 fully saturated rings. The summed E-state index contributed by atoms with van der Waals surface area (Å²) >= 11 is 0. The van der Waals surface area contributed by atoms with Crippen LogP contribution in [0.3, 0.4) is 0 Å². The van der Waals surface area contributed by atoms with Crippen molar-refractivity contribution in [3.8, 4) is 0 Å². The molecule has 1 amide bonds. The van der Waals surface area contributed by atoms with Gasteiger partial charge in [-0.2, -0.15) is 5.10 Å². The van der Waals surface area contributed by atoms with E-state index in [0.29, 0.717) is 6.54 Å². The fraction of sp³-hybridized carbons (Fsp3) is 0.158. The first kappa shape index (κ1) is 16.0. The monoisotopic (exact) mass is 320 g/mol. The molecule has 2 aromatic carbocycles. The number of nitrogens with one attached hydrogen (secondary N) is 1. The Hall–Kier alpha value is -2.92. The largest absolute Gasteiger partial charge is 0.368 e. The average Bonchev–Trinajstić information content (AvgIpc) is 3.10. The third kappa shape index (κ3) is 4.08. The van der Waals surface area contributed by atoms with Crippen LogP contribution in [0.5, 0.6) is 0 Å². The van der Waals surface area contributed by atoms with Crippen molar-refractivity contribution >= 4 is 5.91 Å². The fourth-order valence-electron chi connectivity index (χ4n) is 2.59. The lowest BCUT2D eigenvalue weighted by Crippen LogP contribution is -2.33. The summed E-state index contributed by atoms with van der Waals surface area (Å²) in [5.74, 6) is -0.378. The van der Waals surface area contributed by atoms with E-state index in [-0.39, 0.29) is 5.91 Å². The average molecular weight is 320 g/mol. The van der Waals surface area contributed by atoms with Crippen molar-refractivity contribution in [2.24, 2.45) is 5.73 Å². The van der Waals surface area contributed by atoms with Crippen LogP contribution in [0.2, 0.25) is 0 Å². The van der Waals surface area contributed by atoms with E-state index in [1.165, 1.54) is 5.56 Å². The van der Waals surface area contributed by atoms with Crippen LogP contribution in [0.15, 0.2) is 73.1 Å². The highest BCUT2D eigenvalue weighted by Crippen LogP contribution is 2.13. The Labute approximate surface area is 141 Å². The Morgan fingerprint density at radius 2 is 1.75 bits per heavy atom. The Morgan fingerprint density at radius 3 is 2.38 bits per heavy atom. The summed E-state index contributed by atoms with van der Waals surface area (Å²) in [7, 11) is 0. The van der Waals surface area contributed by atoms with Crippen LogP contribution in [0.1, 0.15) is 22.7 Å². The van der Waals surface area contributed by atoms with E-state index in [2.05, 4.69) is 34.7 Å². The predicted octanol–water partition coefficient (Wildman–Crippen LogP) is 2.25. The fourth-order valence-corrected chi connectivity index (χ4v) is 2.59. The van der Waals surface area contributed by atoms with Gasteiger partial charge < -0.3 is 5.73 Å². The smallest absolute Gasteiger partial charge is 0.239 e. The first-order chi connectivity index (χ1) is 11.7. The number of hydrogen-bond acceptors (Lipinski definition) is 3. The quantitative estimate of drug-likeness (QED) is 0.701. The van der Waals surface area contributed by atoms with Crippen molar-refractivity contribution in [2.45, 2.75) is 19.1 Å². The molecule has 5 heteroatoms. The van der Waals surface area contributed by atoms with Gasteiger partial charge in [-0.05, 0) is 22.8 Å². The van der Waals surface area contributed by atoms with Gasteiger partial charge in [0.15, 0.2) is 0 Å². The topological polar surface area (TPSA) is 72.9 Å². The molecule has 0 saturated heterocycles. The maximum atomic E-state index is 11.7. The third-order valence-electron chi connectivity index (χ3n) is 3.85. The molecule has 3 rings (SSSR count). The number of carbonyl (C=O) groups is 1. The van der Waals surface area contributed by atoms with E-state index in [4.69, 9.17) is 5.73 Å². The van der Waals surface area contributed by atoms with Crippen molar-refractivity contribution in [1.82, 2.24) is 15.1 Å². The van der Waals surface area contributed by atoms with Gasteiger partial charge >= 0.3 is 0 Å². The number of aromatic nitrogens is 2. The van der Waals surface area contributed by atoms with Gasteiger partial charge in [-0.15, -0.1) is 0 Å². The van der Waals surface area contributed by atoms with E-state index in [1.54, 1.807) is 6.20 Å². The van der Waals surface area contributed by atoms with Gasteiger partial charge in [0.1, 0.15) is 6.04 Å². The highest BCUT2D eigenvalue weighted by Gasteiger charge is 2.16. The van der Waals surface area contributed by atoms with Crippen LogP contribution >= 0.6 is 0 Å². The molecular formula is C19H20N4O. The predicted molar refractivity (Wildman–Crippen MR) is 93.0 cm³/mol. The van der Waals surface area contributed by atoms with Crippen LogP contribution in [-0.2, 0) is 17.9 Å². The van der Waals surface area contributed by atoms with Gasteiger partial charge in [0.2, 0.25) is 5.91 Å². The molecule has 0 aliphatic carbocycles. The van der Waals surface area contributed by atoms with E-state index < -0.39 is 6.04 Å². The summed E-state index contributed by atoms with van der Waals surface area (Å²) in [5, 5.41) is 7.42. The number of nitrogens with two attached hydrogens (primary N) is 1. The Morgan fingerprint density at radius 1 is 1.04 bits per heavy atom. The molecule has 1 aromatic heterocycles. The van der Waals surface area contributed by atoms with Crippen molar-refractivity contribution in [1.29, 1.82) is 0 Å². The lowest BCUT2D eigenvalue weighted by molar-refractivity contribution is -0.120. The Bertz CT molecular complexity index is 767. The maximum Gasteiger partial charge on any atom is 0.239 e. The normalized spacial score (nSPS) is 12.0. The van der Waals surface area contributed by atoms with Gasteiger partial charge in [-0.25, -0.2) is 0 Å². The zero-order chi connectivity index (χ0) is 16.8. The standard InChI is InChI=1S/C19H20N4O/c20-19(24)18(17-5-2-1-3-6-17)21-13-15-7-9-16(10-8-15)14-23-12-4-11-22-23/h1-12,18,21H,13-14H2,(H2,20,24)/t18-/m0/s1. The maximum absolute atomic E-state index is 11.7. The minimum atomic E-state index is -0.491. The van der Waals surface area contributed by atoms with E-state index in [1.807, 2.05) is 47.3 Å². The van der Waals surface area contributed by atoms with Crippen LogP contribution < -0.4 is 11.1 Å². The van der Waals surface area contributed by atoms with E-state index in [9.17, 15) is 4.79 Å². The second kappa shape index (κ2) is 7.57. The summed E-state index contributed by atoms with van der Waals surface area (Å²) in [6, 6.07) is 19.2. The van der Waals surface area contributed by atoms with Gasteiger partial charge in [0.25, 0.3) is 0 Å². The molecule has 1 atom stereocenters. The first-order valence-electron chi connectivity index (χ1n) is 7.85. The molecule has 0 spiro atoms. The van der Waals surface area contributed by atoms with Crippen molar-refractivity contribution in [3.05, 3.63) is 89.7 Å². The second-order valence-corrected chi connectivity index (χ2v) is 5.65. The number of nitrogens with zero attached hydrogens (tertiary/aromatic N) is 2. The summed E-state index contributed by atoms with van der Waals surface area (Å²) in [6.45, 7) is 1.32. The van der Waals surface area contributed by atoms with Crippen LogP contribution in [0, 0.1) is 0 Å². The van der Waals surface area contributed by atoms with E-state index >= 15 is 0 Å². The lowest BCUT2D eigenvalue weighted by atomic mass is 10.1. The van der Waals surface area contributed by atoms with Crippen molar-refractivity contribution in [3.63, 3.8) is 0 Å². The van der Waals surface area contributed by atoms with Gasteiger partial charge in [0, 0.05) is 18.9 Å². The summed E-state index contributed by atoms with van der Waals surface area (Å²) in [5.41, 5.74) is 8.67. The van der Waals surface area contributed by atoms with Crippen LogP contribution in [-0.4, -0.2) is 15.7 Å². The zero-order valence-corrected chi connectivity index (χ0v) is 13.3. The third-order valence-corrected chi connectivity index (χ3v) is 3.85. The molecule has 0 unspecified atom stereocenters. The number of hydrogen-bond donors (Lipinski definition) is 2. The van der Waals surface area contributed by atoms with Crippen LogP contribution in [0.25, 0.3) is 0 Å². The molecular weight excluding hydrogens is 300 g/mol. The molecule has 0 aliphatic heterocycles. The van der Waals surface area contributed by atoms with Crippen LogP contribution in [0.4, 0.5) is 0 Å². The summed E-state index contributed by atoms with van der Waals surface area (Å²) in [4.78, 5) is 11.7. The van der Waals surface area contributed by atoms with Gasteiger partial charge in [-0.3, -0.25) is 14.8 Å². The SMILES string of the molecule is NC(=O)[C@@H](NCc1ccc(Cn2cccn2)cc1)c1ccccc1. The molecule has 0 radical (unpaired) electrons. The molecule has 3 N–H and O–H groups in total. The molecule has 0 saturated carbocycles. The first-order valence-corrected chi connectivity index (χ1v) is 7.85. The van der Waals surface area contributed by atoms with E-state index in [0.717, 1.165) is 17.7 Å². The highest BCUT2D eigenvalue weighted by molar-refractivity contribution is 5.81. The van der Waals surface area contributed by atoms with Gasteiger partial charge in [-0.1, -0.05) is 54.6 Å². The number of primary amides is 1. The number of benzene rings is 2. The van der Waals surface area contributed by atoms with Crippen molar-refractivity contribution < 1.29 is 4.79 Å². The summed E-state index contributed by atoms with van der Waals surface area (Å²) < 4.78 is 1.88. The zero-order valence-electron chi connectivity index (χ0n) is 13.3. The molecule has 0 bridgehead atoms. The molecule has 1 heterocycles. The Balaban J connectivity index is 1.62. The molecule has 122 valence electrons. The summed E-state index contributed by atoms with van der Waals surface area (Å²) in [6.07, 6.45) is 3.71. The number of amides is 1. The number of rotatable bonds is 7. The number of carbonyl (C=O) groups excluding carboxylic acids is 1. The second-order valence-electron chi connectivity index (χ2n) is 5.65. The molecule has 0 aliphatic rings. The highest BCUT2D eigenvalue weighted by atomic mass is 16.1. The lowest BCUT2D eigenvalue weighted by Gasteiger charge is -2.16. The molecule has 3 aromatic rings. The van der Waals surface area contributed by atoms with Gasteiger partial charge in [0.05, 0.1) is 6.54 Å². The molecule has 24 heavy (non-hydrogen) atoms. The minimum Gasteiger partial charge on any atom is -0.368 e. The Kier molecular flexibility index (Phi) is 5.03.